The van der Waals surface area contributed by atoms with E-state index >= 15 is 0 Å². The van der Waals surface area contributed by atoms with Crippen molar-refractivity contribution in [1.82, 2.24) is 9.80 Å². The molecule has 0 radical (unpaired) electrons. The molecule has 30 heavy (non-hydrogen) atoms. The van der Waals surface area contributed by atoms with Crippen molar-refractivity contribution in [3.63, 3.8) is 0 Å². The van der Waals surface area contributed by atoms with Gasteiger partial charge in [-0.3, -0.25) is 9.59 Å². The second-order valence-corrected chi connectivity index (χ2v) is 9.83. The van der Waals surface area contributed by atoms with Gasteiger partial charge >= 0.3 is 0 Å². The molecule has 1 aliphatic rings. The predicted octanol–water partition coefficient (Wildman–Crippen LogP) is 5.20. The van der Waals surface area contributed by atoms with Crippen LogP contribution in [-0.4, -0.2) is 40.7 Å². The number of hydrogen-bond acceptors (Lipinski definition) is 3. The summed E-state index contributed by atoms with van der Waals surface area (Å²) in [6.45, 7) is 11.1. The van der Waals surface area contributed by atoms with Crippen LogP contribution in [0, 0.1) is 12.8 Å². The molecule has 0 saturated heterocycles. The Morgan fingerprint density at radius 3 is 2.50 bits per heavy atom. The lowest BCUT2D eigenvalue weighted by Crippen LogP contribution is -2.49. The van der Waals surface area contributed by atoms with Crippen molar-refractivity contribution in [2.75, 3.05) is 13.1 Å². The number of nitrogens with zero attached hydrogens (tertiary/aromatic N) is 2. The lowest BCUT2D eigenvalue weighted by molar-refractivity contribution is -0.144. The highest BCUT2D eigenvalue weighted by Gasteiger charge is 2.34. The molecule has 1 aliphatic heterocycles. The largest absolute Gasteiger partial charge is 0.331 e. The third-order valence-corrected chi connectivity index (χ3v) is 7.01. The van der Waals surface area contributed by atoms with E-state index in [1.54, 1.807) is 16.2 Å². The van der Waals surface area contributed by atoms with Crippen molar-refractivity contribution >= 4 is 23.2 Å². The molecule has 0 saturated carbocycles. The predicted molar refractivity (Wildman–Crippen MR) is 124 cm³/mol. The van der Waals surface area contributed by atoms with Gasteiger partial charge in [0.05, 0.1) is 6.04 Å². The highest BCUT2D eigenvalue weighted by atomic mass is 32.1. The van der Waals surface area contributed by atoms with E-state index in [1.165, 1.54) is 16.0 Å². The standard InChI is InChI=1S/C25H34N2O2S/c1-6-19(5)27(23(28)15-17(2)3)16-24(29)26-13-11-22-21(12-14-30-22)25(26)20-9-7-18(4)8-10-20/h7-10,12,14,17,19,25H,6,11,13,15-16H2,1-5H3/t19-,25+/m1/s1. The zero-order valence-electron chi connectivity index (χ0n) is 18.9. The van der Waals surface area contributed by atoms with Crippen molar-refractivity contribution in [3.8, 4) is 0 Å². The first kappa shape index (κ1) is 22.5. The number of carbonyl (C=O) groups is 2. The quantitative estimate of drug-likeness (QED) is 0.610. The summed E-state index contributed by atoms with van der Waals surface area (Å²) in [5.41, 5.74) is 3.57. The van der Waals surface area contributed by atoms with Crippen LogP contribution in [-0.2, 0) is 16.0 Å². The van der Waals surface area contributed by atoms with E-state index in [0.29, 0.717) is 13.0 Å². The van der Waals surface area contributed by atoms with Crippen LogP contribution in [0.3, 0.4) is 0 Å². The van der Waals surface area contributed by atoms with E-state index < -0.39 is 0 Å². The number of rotatable bonds is 7. The number of amides is 2. The Labute approximate surface area is 184 Å². The van der Waals surface area contributed by atoms with E-state index in [2.05, 4.69) is 49.6 Å². The fourth-order valence-electron chi connectivity index (χ4n) is 4.11. The molecule has 2 amide bonds. The van der Waals surface area contributed by atoms with Gasteiger partial charge in [-0.25, -0.2) is 0 Å². The third kappa shape index (κ3) is 4.94. The van der Waals surface area contributed by atoms with Gasteiger partial charge in [-0.05, 0) is 55.2 Å². The van der Waals surface area contributed by atoms with Crippen LogP contribution in [0.4, 0.5) is 0 Å². The van der Waals surface area contributed by atoms with Gasteiger partial charge in [0, 0.05) is 23.9 Å². The molecule has 4 nitrogen and oxygen atoms in total. The van der Waals surface area contributed by atoms with Crippen molar-refractivity contribution in [2.45, 2.75) is 66.0 Å². The second-order valence-electron chi connectivity index (χ2n) is 8.83. The topological polar surface area (TPSA) is 40.6 Å². The summed E-state index contributed by atoms with van der Waals surface area (Å²) in [4.78, 5) is 31.5. The van der Waals surface area contributed by atoms with Crippen LogP contribution in [0.25, 0.3) is 0 Å². The Bertz CT molecular complexity index is 872. The minimum absolute atomic E-state index is 0.0369. The molecular formula is C25H34N2O2S. The van der Waals surface area contributed by atoms with Gasteiger partial charge in [0.25, 0.3) is 0 Å². The minimum atomic E-state index is -0.0768. The SMILES string of the molecule is CC[C@@H](C)N(CC(=O)N1CCc2sccc2[C@@H]1c1ccc(C)cc1)C(=O)CC(C)C. The van der Waals surface area contributed by atoms with Gasteiger partial charge in [-0.2, -0.15) is 0 Å². The summed E-state index contributed by atoms with van der Waals surface area (Å²) >= 11 is 1.77. The molecule has 2 heterocycles. The van der Waals surface area contributed by atoms with Crippen LogP contribution >= 0.6 is 11.3 Å². The molecule has 0 aliphatic carbocycles. The zero-order chi connectivity index (χ0) is 21.8. The molecule has 2 aromatic rings. The summed E-state index contributed by atoms with van der Waals surface area (Å²) in [5, 5.41) is 2.12. The van der Waals surface area contributed by atoms with Gasteiger partial charge < -0.3 is 9.80 Å². The maximum Gasteiger partial charge on any atom is 0.243 e. The smallest absolute Gasteiger partial charge is 0.243 e. The Balaban J connectivity index is 1.88. The maximum absolute atomic E-state index is 13.5. The van der Waals surface area contributed by atoms with E-state index in [0.717, 1.165) is 18.4 Å². The molecule has 5 heteroatoms. The number of aryl methyl sites for hydroxylation is 1. The van der Waals surface area contributed by atoms with E-state index in [1.807, 2.05) is 25.7 Å². The van der Waals surface area contributed by atoms with E-state index in [4.69, 9.17) is 0 Å². The molecule has 2 atom stereocenters. The fraction of sp³-hybridized carbons (Fsp3) is 0.520. The first-order chi connectivity index (χ1) is 14.3. The lowest BCUT2D eigenvalue weighted by atomic mass is 9.92. The van der Waals surface area contributed by atoms with Crippen LogP contribution in [0.1, 0.15) is 68.1 Å². The van der Waals surface area contributed by atoms with Gasteiger partial charge in [-0.1, -0.05) is 50.6 Å². The summed E-state index contributed by atoms with van der Waals surface area (Å²) in [7, 11) is 0. The summed E-state index contributed by atoms with van der Waals surface area (Å²) in [6.07, 6.45) is 2.20. The van der Waals surface area contributed by atoms with E-state index in [9.17, 15) is 9.59 Å². The van der Waals surface area contributed by atoms with Crippen LogP contribution in [0.2, 0.25) is 0 Å². The van der Waals surface area contributed by atoms with Crippen LogP contribution in [0.5, 0.6) is 0 Å². The average Bonchev–Trinajstić information content (AvgIpc) is 3.19. The monoisotopic (exact) mass is 426 g/mol. The van der Waals surface area contributed by atoms with Gasteiger partial charge in [0.1, 0.15) is 6.54 Å². The molecule has 0 spiro atoms. The number of benzene rings is 1. The summed E-state index contributed by atoms with van der Waals surface area (Å²) in [6, 6.07) is 10.6. The van der Waals surface area contributed by atoms with Crippen molar-refractivity contribution in [2.24, 2.45) is 5.92 Å². The molecule has 162 valence electrons. The maximum atomic E-state index is 13.5. The molecule has 3 rings (SSSR count). The third-order valence-electron chi connectivity index (χ3n) is 6.01. The summed E-state index contributed by atoms with van der Waals surface area (Å²) in [5.74, 6) is 0.394. The molecule has 1 aromatic carbocycles. The fourth-order valence-corrected chi connectivity index (χ4v) is 5.01. The molecular weight excluding hydrogens is 392 g/mol. The highest BCUT2D eigenvalue weighted by molar-refractivity contribution is 7.10. The second kappa shape index (κ2) is 9.78. The Hall–Kier alpha value is -2.14. The molecule has 0 fully saturated rings. The van der Waals surface area contributed by atoms with Gasteiger partial charge in [-0.15, -0.1) is 11.3 Å². The molecule has 1 aromatic heterocycles. The van der Waals surface area contributed by atoms with Gasteiger partial charge in [0.15, 0.2) is 0 Å². The van der Waals surface area contributed by atoms with Crippen molar-refractivity contribution in [1.29, 1.82) is 0 Å². The van der Waals surface area contributed by atoms with E-state index in [-0.39, 0.29) is 36.4 Å². The summed E-state index contributed by atoms with van der Waals surface area (Å²) < 4.78 is 0. The van der Waals surface area contributed by atoms with Crippen molar-refractivity contribution < 1.29 is 9.59 Å². The van der Waals surface area contributed by atoms with Crippen LogP contribution < -0.4 is 0 Å². The zero-order valence-corrected chi connectivity index (χ0v) is 19.7. The number of thiophene rings is 1. The normalized spacial score (nSPS) is 17.0. The first-order valence-electron chi connectivity index (χ1n) is 11.0. The number of hydrogen-bond donors (Lipinski definition) is 0. The minimum Gasteiger partial charge on any atom is -0.331 e. The molecule has 0 unspecified atom stereocenters. The Kier molecular flexibility index (Phi) is 7.35. The molecule has 0 N–H and O–H groups in total. The highest BCUT2D eigenvalue weighted by Crippen LogP contribution is 2.38. The van der Waals surface area contributed by atoms with Crippen molar-refractivity contribution in [3.05, 3.63) is 57.3 Å². The number of fused-ring (bicyclic) bond motifs is 1. The average molecular weight is 427 g/mol. The first-order valence-corrected chi connectivity index (χ1v) is 11.9. The number of carbonyl (C=O) groups excluding carboxylic acids is 2. The molecule has 0 bridgehead atoms. The Morgan fingerprint density at radius 2 is 1.87 bits per heavy atom. The Morgan fingerprint density at radius 1 is 1.17 bits per heavy atom. The van der Waals surface area contributed by atoms with Gasteiger partial charge in [0.2, 0.25) is 11.8 Å². The van der Waals surface area contributed by atoms with Crippen LogP contribution in [0.15, 0.2) is 35.7 Å². The lowest BCUT2D eigenvalue weighted by Gasteiger charge is -2.38.